The predicted octanol–water partition coefficient (Wildman–Crippen LogP) is 3.60. The van der Waals surface area contributed by atoms with Crippen molar-refractivity contribution in [3.05, 3.63) is 58.9 Å². The number of methoxy groups -OCH3 is 1. The van der Waals surface area contributed by atoms with E-state index < -0.39 is 15.8 Å². The summed E-state index contributed by atoms with van der Waals surface area (Å²) in [5.41, 5.74) is 1.01. The fourth-order valence-corrected chi connectivity index (χ4v) is 4.56. The Hall–Kier alpha value is -1.67. The van der Waals surface area contributed by atoms with Gasteiger partial charge in [-0.1, -0.05) is 23.7 Å². The lowest BCUT2D eigenvalue weighted by atomic mass is 10.1. The number of nitrogens with zero attached hydrogens (tertiary/aromatic N) is 1. The fraction of sp³-hybridized carbons (Fsp3) is 0.368. The Labute approximate surface area is 164 Å². The number of ether oxygens (including phenoxy) is 1. The molecule has 27 heavy (non-hydrogen) atoms. The monoisotopic (exact) mass is 412 g/mol. The molecule has 8 heteroatoms. The van der Waals surface area contributed by atoms with Gasteiger partial charge in [-0.25, -0.2) is 17.5 Å². The van der Waals surface area contributed by atoms with Crippen LogP contribution in [0.25, 0.3) is 0 Å². The maximum atomic E-state index is 13.3. The maximum Gasteiger partial charge on any atom is 0.240 e. The second kappa shape index (κ2) is 8.56. The zero-order valence-electron chi connectivity index (χ0n) is 15.0. The van der Waals surface area contributed by atoms with E-state index in [2.05, 4.69) is 9.62 Å². The summed E-state index contributed by atoms with van der Waals surface area (Å²) in [5, 5.41) is -0.218. The van der Waals surface area contributed by atoms with Gasteiger partial charge in [0.05, 0.1) is 17.0 Å². The minimum atomic E-state index is -3.80. The van der Waals surface area contributed by atoms with Crippen LogP contribution >= 0.6 is 11.6 Å². The summed E-state index contributed by atoms with van der Waals surface area (Å²) in [5.74, 6) is 0.101. The van der Waals surface area contributed by atoms with E-state index in [0.29, 0.717) is 0 Å². The molecular weight excluding hydrogens is 391 g/mol. The van der Waals surface area contributed by atoms with Crippen LogP contribution in [-0.4, -0.2) is 40.1 Å². The number of likely N-dealkylation sites (tertiary alicyclic amines) is 1. The van der Waals surface area contributed by atoms with E-state index in [1.807, 2.05) is 24.3 Å². The Morgan fingerprint density at radius 1 is 1.19 bits per heavy atom. The molecule has 0 spiro atoms. The van der Waals surface area contributed by atoms with Crippen molar-refractivity contribution in [2.45, 2.75) is 23.8 Å². The smallest absolute Gasteiger partial charge is 0.240 e. The van der Waals surface area contributed by atoms with Gasteiger partial charge in [-0.15, -0.1) is 0 Å². The van der Waals surface area contributed by atoms with E-state index in [0.717, 1.165) is 49.4 Å². The fourth-order valence-electron chi connectivity index (χ4n) is 3.25. The van der Waals surface area contributed by atoms with Gasteiger partial charge in [0.25, 0.3) is 0 Å². The van der Waals surface area contributed by atoms with Crippen LogP contribution < -0.4 is 9.46 Å². The van der Waals surface area contributed by atoms with Crippen LogP contribution in [0.2, 0.25) is 5.02 Å². The average Bonchev–Trinajstić information content (AvgIpc) is 3.19. The highest BCUT2D eigenvalue weighted by Crippen LogP contribution is 2.27. The highest BCUT2D eigenvalue weighted by Gasteiger charge is 2.26. The van der Waals surface area contributed by atoms with Gasteiger partial charge in [0.2, 0.25) is 10.0 Å². The molecule has 0 saturated carbocycles. The molecule has 0 amide bonds. The van der Waals surface area contributed by atoms with Crippen LogP contribution in [0, 0.1) is 5.82 Å². The molecular formula is C19H22ClFN2O3S. The van der Waals surface area contributed by atoms with Crippen LogP contribution in [0.1, 0.15) is 24.4 Å². The van der Waals surface area contributed by atoms with Crippen molar-refractivity contribution in [2.75, 3.05) is 26.7 Å². The third-order valence-electron chi connectivity index (χ3n) is 4.75. The summed E-state index contributed by atoms with van der Waals surface area (Å²) in [6.45, 7) is 2.05. The highest BCUT2D eigenvalue weighted by molar-refractivity contribution is 7.89. The van der Waals surface area contributed by atoms with Crippen LogP contribution in [-0.2, 0) is 10.0 Å². The third-order valence-corrected chi connectivity index (χ3v) is 6.46. The Kier molecular flexibility index (Phi) is 6.37. The summed E-state index contributed by atoms with van der Waals surface area (Å²) in [7, 11) is -2.19. The summed E-state index contributed by atoms with van der Waals surface area (Å²) in [4.78, 5) is 2.21. The largest absolute Gasteiger partial charge is 0.497 e. The lowest BCUT2D eigenvalue weighted by Gasteiger charge is -2.28. The molecule has 0 radical (unpaired) electrons. The van der Waals surface area contributed by atoms with Gasteiger partial charge in [0, 0.05) is 12.6 Å². The van der Waals surface area contributed by atoms with Gasteiger partial charge in [0.1, 0.15) is 11.6 Å². The quantitative estimate of drug-likeness (QED) is 0.754. The van der Waals surface area contributed by atoms with Crippen LogP contribution in [0.15, 0.2) is 47.4 Å². The summed E-state index contributed by atoms with van der Waals surface area (Å²) in [6.07, 6.45) is 2.18. The SMILES string of the molecule is COc1ccc(C(CNS(=O)(=O)c2ccc(F)c(Cl)c2)N2CCCC2)cc1. The van der Waals surface area contributed by atoms with Crippen molar-refractivity contribution in [2.24, 2.45) is 0 Å². The summed E-state index contributed by atoms with van der Waals surface area (Å²) in [6, 6.07) is 10.9. The number of halogens is 2. The average molecular weight is 413 g/mol. The van der Waals surface area contributed by atoms with Gasteiger partial charge in [0.15, 0.2) is 0 Å². The molecule has 0 aliphatic carbocycles. The first kappa shape index (κ1) is 20.1. The van der Waals surface area contributed by atoms with Crippen molar-refractivity contribution in [3.63, 3.8) is 0 Å². The van der Waals surface area contributed by atoms with E-state index in [9.17, 15) is 12.8 Å². The topological polar surface area (TPSA) is 58.6 Å². The van der Waals surface area contributed by atoms with E-state index in [-0.39, 0.29) is 22.5 Å². The van der Waals surface area contributed by atoms with Crippen LogP contribution in [0.5, 0.6) is 5.75 Å². The van der Waals surface area contributed by atoms with Gasteiger partial charge >= 0.3 is 0 Å². The molecule has 1 aliphatic rings. The molecule has 1 aliphatic heterocycles. The zero-order valence-corrected chi connectivity index (χ0v) is 16.6. The molecule has 0 aromatic heterocycles. The summed E-state index contributed by atoms with van der Waals surface area (Å²) < 4.78 is 46.4. The Morgan fingerprint density at radius 2 is 1.85 bits per heavy atom. The number of rotatable bonds is 7. The molecule has 0 bridgehead atoms. The second-order valence-corrected chi connectivity index (χ2v) is 8.63. The molecule has 1 heterocycles. The first-order valence-corrected chi connectivity index (χ1v) is 10.6. The van der Waals surface area contributed by atoms with E-state index >= 15 is 0 Å². The third kappa shape index (κ3) is 4.79. The van der Waals surface area contributed by atoms with E-state index in [1.165, 1.54) is 6.07 Å². The van der Waals surface area contributed by atoms with Crippen molar-refractivity contribution >= 4 is 21.6 Å². The molecule has 1 saturated heterocycles. The Bertz CT molecular complexity index is 884. The van der Waals surface area contributed by atoms with Crippen molar-refractivity contribution < 1.29 is 17.5 Å². The first-order valence-electron chi connectivity index (χ1n) is 8.73. The first-order chi connectivity index (χ1) is 12.9. The van der Waals surface area contributed by atoms with Gasteiger partial charge in [-0.05, 0) is 61.8 Å². The van der Waals surface area contributed by atoms with Gasteiger partial charge < -0.3 is 4.74 Å². The highest BCUT2D eigenvalue weighted by atomic mass is 35.5. The van der Waals surface area contributed by atoms with Gasteiger partial charge in [-0.3, -0.25) is 4.90 Å². The van der Waals surface area contributed by atoms with Crippen LogP contribution in [0.3, 0.4) is 0 Å². The lowest BCUT2D eigenvalue weighted by molar-refractivity contribution is 0.246. The molecule has 146 valence electrons. The Balaban J connectivity index is 1.80. The normalized spacial score (nSPS) is 16.4. The molecule has 1 fully saturated rings. The molecule has 1 atom stereocenters. The standard InChI is InChI=1S/C19H22ClFN2O3S/c1-26-15-6-4-14(5-7-15)19(23-10-2-3-11-23)13-22-27(24,25)16-8-9-18(21)17(20)12-16/h4-9,12,19,22H,2-3,10-11,13H2,1H3. The summed E-state index contributed by atoms with van der Waals surface area (Å²) >= 11 is 5.72. The number of sulfonamides is 1. The number of hydrogen-bond donors (Lipinski definition) is 1. The molecule has 1 unspecified atom stereocenters. The molecule has 5 nitrogen and oxygen atoms in total. The van der Waals surface area contributed by atoms with E-state index in [4.69, 9.17) is 16.3 Å². The van der Waals surface area contributed by atoms with Crippen molar-refractivity contribution in [3.8, 4) is 5.75 Å². The van der Waals surface area contributed by atoms with Crippen molar-refractivity contribution in [1.82, 2.24) is 9.62 Å². The zero-order chi connectivity index (χ0) is 19.4. The second-order valence-electron chi connectivity index (χ2n) is 6.46. The predicted molar refractivity (Wildman–Crippen MR) is 103 cm³/mol. The maximum absolute atomic E-state index is 13.3. The minimum Gasteiger partial charge on any atom is -0.497 e. The molecule has 1 N–H and O–H groups in total. The number of nitrogens with one attached hydrogen (secondary N) is 1. The molecule has 2 aromatic rings. The van der Waals surface area contributed by atoms with Crippen LogP contribution in [0.4, 0.5) is 4.39 Å². The van der Waals surface area contributed by atoms with Crippen molar-refractivity contribution in [1.29, 1.82) is 0 Å². The molecule has 2 aromatic carbocycles. The number of hydrogen-bond acceptors (Lipinski definition) is 4. The minimum absolute atomic E-state index is 0.0520. The Morgan fingerprint density at radius 3 is 2.44 bits per heavy atom. The number of benzene rings is 2. The molecule has 3 rings (SSSR count). The van der Waals surface area contributed by atoms with Gasteiger partial charge in [-0.2, -0.15) is 0 Å². The van der Waals surface area contributed by atoms with E-state index in [1.54, 1.807) is 7.11 Å². The lowest BCUT2D eigenvalue weighted by Crippen LogP contribution is -2.36.